The van der Waals surface area contributed by atoms with Crippen LogP contribution in [0.15, 0.2) is 42.5 Å². The lowest BCUT2D eigenvalue weighted by molar-refractivity contribution is -0.116. The molecule has 2 aromatic rings. The van der Waals surface area contributed by atoms with Crippen molar-refractivity contribution in [1.82, 2.24) is 5.32 Å². The molecule has 0 unspecified atom stereocenters. The Balaban J connectivity index is 1.45. The molecule has 0 aliphatic carbocycles. The van der Waals surface area contributed by atoms with E-state index in [-0.39, 0.29) is 25.1 Å². The Labute approximate surface area is 149 Å². The molecule has 0 radical (unpaired) electrons. The van der Waals surface area contributed by atoms with Gasteiger partial charge < -0.3 is 19.5 Å². The van der Waals surface area contributed by atoms with Crippen molar-refractivity contribution in [2.24, 2.45) is 0 Å². The maximum absolute atomic E-state index is 12.8. The molecule has 25 heavy (non-hydrogen) atoms. The number of fused-ring (bicyclic) bond motifs is 1. The molecule has 2 aromatic carbocycles. The first-order valence-corrected chi connectivity index (χ1v) is 7.93. The van der Waals surface area contributed by atoms with Gasteiger partial charge in [0.2, 0.25) is 12.7 Å². The fourth-order valence-corrected chi connectivity index (χ4v) is 2.46. The van der Waals surface area contributed by atoms with Crippen molar-refractivity contribution in [1.29, 1.82) is 0 Å². The molecule has 1 N–H and O–H groups in total. The van der Waals surface area contributed by atoms with E-state index in [0.717, 1.165) is 5.56 Å². The second-order valence-electron chi connectivity index (χ2n) is 5.16. The molecular formula is C18H15ClFNO4. The number of rotatable bonds is 6. The zero-order valence-corrected chi connectivity index (χ0v) is 13.9. The molecule has 0 fully saturated rings. The minimum Gasteiger partial charge on any atom is -0.492 e. The molecule has 1 aliphatic rings. The van der Waals surface area contributed by atoms with E-state index in [1.165, 1.54) is 30.3 Å². The third kappa shape index (κ3) is 4.64. The average molecular weight is 364 g/mol. The molecule has 0 saturated heterocycles. The first-order chi connectivity index (χ1) is 12.1. The summed E-state index contributed by atoms with van der Waals surface area (Å²) in [5.74, 6) is 1.02. The van der Waals surface area contributed by atoms with Gasteiger partial charge in [0.1, 0.15) is 18.2 Å². The number of halogens is 2. The van der Waals surface area contributed by atoms with Crippen molar-refractivity contribution >= 4 is 23.6 Å². The third-order valence-corrected chi connectivity index (χ3v) is 3.64. The van der Waals surface area contributed by atoms with Gasteiger partial charge in [-0.15, -0.1) is 0 Å². The van der Waals surface area contributed by atoms with Crippen molar-refractivity contribution in [2.75, 3.05) is 19.9 Å². The molecule has 0 spiro atoms. The van der Waals surface area contributed by atoms with E-state index < -0.39 is 0 Å². The molecule has 0 bridgehead atoms. The Morgan fingerprint density at radius 3 is 2.88 bits per heavy atom. The summed E-state index contributed by atoms with van der Waals surface area (Å²) in [6.45, 7) is 0.736. The highest BCUT2D eigenvalue weighted by molar-refractivity contribution is 6.32. The fourth-order valence-electron chi connectivity index (χ4n) is 2.19. The first-order valence-electron chi connectivity index (χ1n) is 7.55. The van der Waals surface area contributed by atoms with E-state index in [0.29, 0.717) is 28.8 Å². The lowest BCUT2D eigenvalue weighted by atomic mass is 10.2. The summed E-state index contributed by atoms with van der Waals surface area (Å²) in [6, 6.07) is 9.12. The summed E-state index contributed by atoms with van der Waals surface area (Å²) in [7, 11) is 0. The molecule has 1 amide bonds. The minimum absolute atomic E-state index is 0.136. The smallest absolute Gasteiger partial charge is 0.244 e. The van der Waals surface area contributed by atoms with Gasteiger partial charge >= 0.3 is 0 Å². The van der Waals surface area contributed by atoms with Crippen LogP contribution in [0.1, 0.15) is 5.56 Å². The molecule has 0 atom stereocenters. The van der Waals surface area contributed by atoms with Gasteiger partial charge in [-0.2, -0.15) is 0 Å². The number of amides is 1. The molecule has 3 rings (SSSR count). The van der Waals surface area contributed by atoms with Crippen molar-refractivity contribution in [3.63, 3.8) is 0 Å². The topological polar surface area (TPSA) is 56.8 Å². The Hall–Kier alpha value is -2.73. The average Bonchev–Trinajstić information content (AvgIpc) is 3.08. The Bertz CT molecular complexity index is 792. The molecular weight excluding hydrogens is 349 g/mol. The van der Waals surface area contributed by atoms with Gasteiger partial charge in [0.15, 0.2) is 11.5 Å². The second-order valence-corrected chi connectivity index (χ2v) is 5.57. The number of carbonyl (C=O) groups excluding carboxylic acids is 1. The van der Waals surface area contributed by atoms with E-state index in [9.17, 15) is 9.18 Å². The van der Waals surface area contributed by atoms with Gasteiger partial charge in [0, 0.05) is 6.08 Å². The van der Waals surface area contributed by atoms with E-state index in [4.69, 9.17) is 25.8 Å². The van der Waals surface area contributed by atoms with Gasteiger partial charge in [-0.3, -0.25) is 4.79 Å². The lowest BCUT2D eigenvalue weighted by Crippen LogP contribution is -2.26. The number of nitrogens with one attached hydrogen (secondary N) is 1. The van der Waals surface area contributed by atoms with E-state index in [1.54, 1.807) is 18.2 Å². The highest BCUT2D eigenvalue weighted by atomic mass is 35.5. The number of carbonyl (C=O) groups is 1. The third-order valence-electron chi connectivity index (χ3n) is 3.36. The zero-order chi connectivity index (χ0) is 17.6. The van der Waals surface area contributed by atoms with Crippen molar-refractivity contribution < 1.29 is 23.4 Å². The number of hydrogen-bond donors (Lipinski definition) is 1. The normalized spacial score (nSPS) is 12.4. The predicted octanol–water partition coefficient (Wildman–Crippen LogP) is 3.42. The van der Waals surface area contributed by atoms with Crippen LogP contribution in [0.4, 0.5) is 4.39 Å². The number of hydrogen-bond acceptors (Lipinski definition) is 4. The highest BCUT2D eigenvalue weighted by Crippen LogP contribution is 2.40. The molecule has 0 aromatic heterocycles. The van der Waals surface area contributed by atoms with Crippen LogP contribution in [-0.4, -0.2) is 25.9 Å². The largest absolute Gasteiger partial charge is 0.492 e. The van der Waals surface area contributed by atoms with Crippen LogP contribution in [0.5, 0.6) is 17.2 Å². The monoisotopic (exact) mass is 363 g/mol. The van der Waals surface area contributed by atoms with Crippen LogP contribution in [0.2, 0.25) is 5.02 Å². The summed E-state index contributed by atoms with van der Waals surface area (Å²) in [5.41, 5.74) is 0.729. The standard InChI is InChI=1S/C18H15ClFNO4/c19-15-9-12(10-16-18(15)25-11-24-16)1-6-17(22)21-7-8-23-14-4-2-13(20)3-5-14/h1-6,9-10H,7-8,11H2,(H,21,22). The molecule has 1 aliphatic heterocycles. The van der Waals surface area contributed by atoms with E-state index in [1.807, 2.05) is 0 Å². The van der Waals surface area contributed by atoms with Crippen molar-refractivity contribution in [3.05, 3.63) is 58.9 Å². The van der Waals surface area contributed by atoms with Gasteiger partial charge in [0.25, 0.3) is 0 Å². The molecule has 5 nitrogen and oxygen atoms in total. The first kappa shape index (κ1) is 17.1. The Kier molecular flexibility index (Phi) is 5.40. The van der Waals surface area contributed by atoms with Crippen molar-refractivity contribution in [2.45, 2.75) is 0 Å². The van der Waals surface area contributed by atoms with Crippen LogP contribution in [0.25, 0.3) is 6.08 Å². The summed E-state index contributed by atoms with van der Waals surface area (Å²) in [6.07, 6.45) is 3.02. The van der Waals surface area contributed by atoms with Gasteiger partial charge in [0.05, 0.1) is 11.6 Å². The van der Waals surface area contributed by atoms with Crippen LogP contribution in [-0.2, 0) is 4.79 Å². The molecule has 0 saturated carbocycles. The maximum atomic E-state index is 12.8. The zero-order valence-electron chi connectivity index (χ0n) is 13.1. The lowest BCUT2D eigenvalue weighted by Gasteiger charge is -2.06. The van der Waals surface area contributed by atoms with Crippen LogP contribution < -0.4 is 19.5 Å². The minimum atomic E-state index is -0.325. The van der Waals surface area contributed by atoms with Crippen LogP contribution >= 0.6 is 11.6 Å². The Morgan fingerprint density at radius 1 is 1.28 bits per heavy atom. The maximum Gasteiger partial charge on any atom is 0.244 e. The van der Waals surface area contributed by atoms with E-state index >= 15 is 0 Å². The number of benzene rings is 2. The summed E-state index contributed by atoms with van der Waals surface area (Å²) in [4.78, 5) is 11.8. The fraction of sp³-hybridized carbons (Fsp3) is 0.167. The summed E-state index contributed by atoms with van der Waals surface area (Å²) >= 11 is 6.08. The predicted molar refractivity (Wildman–Crippen MR) is 91.5 cm³/mol. The van der Waals surface area contributed by atoms with Gasteiger partial charge in [-0.1, -0.05) is 11.6 Å². The number of ether oxygens (including phenoxy) is 3. The van der Waals surface area contributed by atoms with Crippen molar-refractivity contribution in [3.8, 4) is 17.2 Å². The van der Waals surface area contributed by atoms with Gasteiger partial charge in [-0.05, 0) is 48.0 Å². The van der Waals surface area contributed by atoms with Crippen LogP contribution in [0, 0.1) is 5.82 Å². The van der Waals surface area contributed by atoms with Gasteiger partial charge in [-0.25, -0.2) is 4.39 Å². The summed E-state index contributed by atoms with van der Waals surface area (Å²) in [5, 5.41) is 3.12. The molecule has 7 heteroatoms. The Morgan fingerprint density at radius 2 is 2.08 bits per heavy atom. The molecule has 130 valence electrons. The van der Waals surface area contributed by atoms with E-state index in [2.05, 4.69) is 5.32 Å². The SMILES string of the molecule is O=C(C=Cc1cc(Cl)c2c(c1)OCO2)NCCOc1ccc(F)cc1. The van der Waals surface area contributed by atoms with Crippen LogP contribution in [0.3, 0.4) is 0 Å². The highest BCUT2D eigenvalue weighted by Gasteiger charge is 2.17. The summed E-state index contributed by atoms with van der Waals surface area (Å²) < 4.78 is 28.6. The molecule has 1 heterocycles. The quantitative estimate of drug-likeness (QED) is 0.631. The second kappa shape index (κ2) is 7.90.